The van der Waals surface area contributed by atoms with Crippen molar-refractivity contribution >= 4 is 17.7 Å². The van der Waals surface area contributed by atoms with E-state index in [1.54, 1.807) is 0 Å². The standard InChI is InChI=1S/C12H24N2OS/c1-3-16-11-6-4-5-7-14(9-11)12(15)8-10(2)13/h10-11H,3-9,13H2,1-2H3. The maximum absolute atomic E-state index is 11.9. The van der Waals surface area contributed by atoms with Gasteiger partial charge in [-0.2, -0.15) is 11.8 Å². The summed E-state index contributed by atoms with van der Waals surface area (Å²) in [6.45, 7) is 5.92. The van der Waals surface area contributed by atoms with E-state index in [1.165, 1.54) is 12.8 Å². The minimum Gasteiger partial charge on any atom is -0.342 e. The molecule has 2 N–H and O–H groups in total. The third kappa shape index (κ3) is 4.74. The predicted molar refractivity (Wildman–Crippen MR) is 70.6 cm³/mol. The molecule has 1 saturated heterocycles. The molecule has 2 atom stereocenters. The molecule has 1 rings (SSSR count). The van der Waals surface area contributed by atoms with Gasteiger partial charge in [0.1, 0.15) is 0 Å². The van der Waals surface area contributed by atoms with Crippen LogP contribution in [0.4, 0.5) is 0 Å². The van der Waals surface area contributed by atoms with E-state index >= 15 is 0 Å². The smallest absolute Gasteiger partial charge is 0.224 e. The molecule has 0 spiro atoms. The van der Waals surface area contributed by atoms with Gasteiger partial charge in [0, 0.05) is 30.8 Å². The second kappa shape index (κ2) is 7.17. The summed E-state index contributed by atoms with van der Waals surface area (Å²) in [5.74, 6) is 1.37. The third-order valence-corrected chi connectivity index (χ3v) is 4.07. The van der Waals surface area contributed by atoms with Gasteiger partial charge in [-0.15, -0.1) is 0 Å². The number of carbonyl (C=O) groups is 1. The van der Waals surface area contributed by atoms with Gasteiger partial charge in [-0.1, -0.05) is 13.3 Å². The molecule has 2 unspecified atom stereocenters. The highest BCUT2D eigenvalue weighted by atomic mass is 32.2. The second-order valence-corrected chi connectivity index (χ2v) is 6.17. The Morgan fingerprint density at radius 1 is 1.56 bits per heavy atom. The van der Waals surface area contributed by atoms with Crippen molar-refractivity contribution in [1.29, 1.82) is 0 Å². The molecule has 94 valence electrons. The Kier molecular flexibility index (Phi) is 6.21. The van der Waals surface area contributed by atoms with E-state index in [-0.39, 0.29) is 11.9 Å². The molecule has 0 aromatic heterocycles. The van der Waals surface area contributed by atoms with Crippen molar-refractivity contribution in [1.82, 2.24) is 4.90 Å². The highest BCUT2D eigenvalue weighted by Crippen LogP contribution is 2.22. The van der Waals surface area contributed by atoms with E-state index in [4.69, 9.17) is 5.73 Å². The zero-order valence-electron chi connectivity index (χ0n) is 10.4. The van der Waals surface area contributed by atoms with E-state index in [9.17, 15) is 4.79 Å². The van der Waals surface area contributed by atoms with Crippen LogP contribution in [0.15, 0.2) is 0 Å². The van der Waals surface area contributed by atoms with E-state index in [0.29, 0.717) is 11.7 Å². The summed E-state index contributed by atoms with van der Waals surface area (Å²) in [6.07, 6.45) is 4.13. The van der Waals surface area contributed by atoms with Crippen LogP contribution < -0.4 is 5.73 Å². The molecule has 0 radical (unpaired) electrons. The van der Waals surface area contributed by atoms with Gasteiger partial charge in [-0.25, -0.2) is 0 Å². The maximum Gasteiger partial charge on any atom is 0.224 e. The van der Waals surface area contributed by atoms with Crippen molar-refractivity contribution < 1.29 is 4.79 Å². The molecule has 16 heavy (non-hydrogen) atoms. The zero-order chi connectivity index (χ0) is 12.0. The van der Waals surface area contributed by atoms with Gasteiger partial charge >= 0.3 is 0 Å². The number of nitrogens with two attached hydrogens (primary N) is 1. The second-order valence-electron chi connectivity index (χ2n) is 4.59. The normalized spacial score (nSPS) is 23.9. The van der Waals surface area contributed by atoms with Crippen LogP contribution in [-0.4, -0.2) is 40.9 Å². The molecule has 1 heterocycles. The molecule has 3 nitrogen and oxygen atoms in total. The van der Waals surface area contributed by atoms with Gasteiger partial charge in [0.05, 0.1) is 0 Å². The van der Waals surface area contributed by atoms with Gasteiger partial charge < -0.3 is 10.6 Å². The minimum atomic E-state index is -0.0203. The maximum atomic E-state index is 11.9. The van der Waals surface area contributed by atoms with Crippen LogP contribution in [0.2, 0.25) is 0 Å². The summed E-state index contributed by atoms with van der Waals surface area (Å²) >= 11 is 1.98. The Morgan fingerprint density at radius 3 is 2.94 bits per heavy atom. The van der Waals surface area contributed by atoms with Crippen LogP contribution >= 0.6 is 11.8 Å². The summed E-state index contributed by atoms with van der Waals surface area (Å²) in [6, 6.07) is -0.0203. The van der Waals surface area contributed by atoms with E-state index < -0.39 is 0 Å². The van der Waals surface area contributed by atoms with Crippen LogP contribution in [0.1, 0.15) is 39.5 Å². The van der Waals surface area contributed by atoms with E-state index in [1.807, 2.05) is 23.6 Å². The fourth-order valence-electron chi connectivity index (χ4n) is 2.11. The van der Waals surface area contributed by atoms with Crippen molar-refractivity contribution in [3.05, 3.63) is 0 Å². The lowest BCUT2D eigenvalue weighted by Gasteiger charge is -2.24. The first kappa shape index (κ1) is 13.8. The number of amides is 1. The monoisotopic (exact) mass is 244 g/mol. The first-order valence-corrected chi connectivity index (χ1v) is 7.33. The molecule has 1 amide bonds. The fourth-order valence-corrected chi connectivity index (χ4v) is 3.20. The highest BCUT2D eigenvalue weighted by Gasteiger charge is 2.22. The summed E-state index contributed by atoms with van der Waals surface area (Å²) in [4.78, 5) is 14.0. The van der Waals surface area contributed by atoms with E-state index in [0.717, 1.165) is 25.3 Å². The molecule has 0 aromatic rings. The Balaban J connectivity index is 2.47. The molecule has 0 aromatic carbocycles. The molecule has 0 bridgehead atoms. The highest BCUT2D eigenvalue weighted by molar-refractivity contribution is 7.99. The third-order valence-electron chi connectivity index (χ3n) is 2.88. The average molecular weight is 244 g/mol. The molecule has 0 saturated carbocycles. The van der Waals surface area contributed by atoms with Crippen molar-refractivity contribution in [2.24, 2.45) is 5.73 Å². The molecular weight excluding hydrogens is 220 g/mol. The molecule has 1 fully saturated rings. The Morgan fingerprint density at radius 2 is 2.31 bits per heavy atom. The van der Waals surface area contributed by atoms with Crippen molar-refractivity contribution in [2.75, 3.05) is 18.8 Å². The number of rotatable bonds is 4. The Bertz CT molecular complexity index is 221. The lowest BCUT2D eigenvalue weighted by Crippen LogP contribution is -2.38. The van der Waals surface area contributed by atoms with E-state index in [2.05, 4.69) is 6.92 Å². The zero-order valence-corrected chi connectivity index (χ0v) is 11.3. The minimum absolute atomic E-state index is 0.0203. The van der Waals surface area contributed by atoms with Gasteiger partial charge in [-0.05, 0) is 25.5 Å². The number of carbonyl (C=O) groups excluding carboxylic acids is 1. The lowest BCUT2D eigenvalue weighted by atomic mass is 10.2. The van der Waals surface area contributed by atoms with Crippen LogP contribution in [0.5, 0.6) is 0 Å². The largest absolute Gasteiger partial charge is 0.342 e. The van der Waals surface area contributed by atoms with Crippen LogP contribution in [0.3, 0.4) is 0 Å². The first-order chi connectivity index (χ1) is 7.63. The topological polar surface area (TPSA) is 46.3 Å². The number of likely N-dealkylation sites (tertiary alicyclic amines) is 1. The number of hydrogen-bond donors (Lipinski definition) is 1. The van der Waals surface area contributed by atoms with Crippen LogP contribution in [0, 0.1) is 0 Å². The summed E-state index contributed by atoms with van der Waals surface area (Å²) < 4.78 is 0. The molecule has 1 aliphatic heterocycles. The predicted octanol–water partition coefficient (Wildman–Crippen LogP) is 1.86. The summed E-state index contributed by atoms with van der Waals surface area (Å²) in [5, 5.41) is 0.629. The van der Waals surface area contributed by atoms with Crippen LogP contribution in [-0.2, 0) is 4.79 Å². The SMILES string of the molecule is CCSC1CCCCN(C(=O)CC(C)N)C1. The fraction of sp³-hybridized carbons (Fsp3) is 0.917. The first-order valence-electron chi connectivity index (χ1n) is 6.28. The molecule has 1 aliphatic rings. The van der Waals surface area contributed by atoms with Crippen molar-refractivity contribution in [3.8, 4) is 0 Å². The molecule has 0 aliphatic carbocycles. The average Bonchev–Trinajstić information content (AvgIpc) is 2.43. The van der Waals surface area contributed by atoms with Crippen LogP contribution in [0.25, 0.3) is 0 Å². The summed E-state index contributed by atoms with van der Waals surface area (Å²) in [7, 11) is 0. The Labute approximate surface area is 103 Å². The quantitative estimate of drug-likeness (QED) is 0.821. The van der Waals surface area contributed by atoms with Crippen molar-refractivity contribution in [2.45, 2.75) is 50.8 Å². The number of thioether (sulfide) groups is 1. The van der Waals surface area contributed by atoms with Gasteiger partial charge in [-0.3, -0.25) is 4.79 Å². The molecular formula is C12H24N2OS. The lowest BCUT2D eigenvalue weighted by molar-refractivity contribution is -0.131. The van der Waals surface area contributed by atoms with Crippen molar-refractivity contribution in [3.63, 3.8) is 0 Å². The molecule has 4 heteroatoms. The number of nitrogens with zero attached hydrogens (tertiary/aromatic N) is 1. The Hall–Kier alpha value is -0.220. The van der Waals surface area contributed by atoms with Gasteiger partial charge in [0.2, 0.25) is 5.91 Å². The summed E-state index contributed by atoms with van der Waals surface area (Å²) in [5.41, 5.74) is 5.68. The number of hydrogen-bond acceptors (Lipinski definition) is 3. The van der Waals surface area contributed by atoms with Gasteiger partial charge in [0.15, 0.2) is 0 Å². The van der Waals surface area contributed by atoms with Gasteiger partial charge in [0.25, 0.3) is 0 Å².